The smallest absolute Gasteiger partial charge is 0.463 e. The summed E-state index contributed by atoms with van der Waals surface area (Å²) >= 11 is 0. The summed E-state index contributed by atoms with van der Waals surface area (Å²) in [6.07, 6.45) is 63.7. The highest BCUT2D eigenvalue weighted by Gasteiger charge is 2.29. The molecule has 0 saturated heterocycles. The molecule has 18 heteroatoms. The highest BCUT2D eigenvalue weighted by molar-refractivity contribution is 7.47. The van der Waals surface area contributed by atoms with E-state index >= 15 is 0 Å². The molecule has 0 spiro atoms. The van der Waals surface area contributed by atoms with Gasteiger partial charge in [0.15, 0.2) is 6.10 Å². The van der Waals surface area contributed by atoms with Crippen molar-refractivity contribution in [2.24, 2.45) is 0 Å². The fourth-order valence-corrected chi connectivity index (χ4v) is 10.2. The number of esters is 3. The van der Waals surface area contributed by atoms with Gasteiger partial charge in [-0.1, -0.05) is 234 Å². The summed E-state index contributed by atoms with van der Waals surface area (Å²) in [4.78, 5) is 58.1. The molecule has 85 heavy (non-hydrogen) atoms. The summed E-state index contributed by atoms with van der Waals surface area (Å²) < 4.78 is 60.7. The first-order valence-corrected chi connectivity index (χ1v) is 35.9. The van der Waals surface area contributed by atoms with E-state index in [1.54, 1.807) is 0 Å². The van der Waals surface area contributed by atoms with Crippen LogP contribution in [0, 0.1) is 0 Å². The summed E-state index contributed by atoms with van der Waals surface area (Å²) in [5, 5.41) is 20.5. The van der Waals surface area contributed by atoms with Gasteiger partial charge in [0, 0.05) is 19.3 Å². The minimum atomic E-state index is -4.91. The van der Waals surface area contributed by atoms with E-state index < -0.39 is 91.5 Å². The summed E-state index contributed by atoms with van der Waals surface area (Å²) in [6, 6.07) is 0. The van der Waals surface area contributed by atoms with Crippen molar-refractivity contribution in [3.63, 3.8) is 0 Å². The third-order valence-electron chi connectivity index (χ3n) is 13.6. The van der Waals surface area contributed by atoms with Gasteiger partial charge in [-0.05, 0) is 96.3 Å². The first kappa shape index (κ1) is 81.7. The minimum Gasteiger partial charge on any atom is -0.463 e. The Morgan fingerprint density at radius 3 is 1.01 bits per heavy atom. The fourth-order valence-electron chi connectivity index (χ4n) is 8.57. The van der Waals surface area contributed by atoms with Crippen molar-refractivity contribution < 1.29 is 75.8 Å². The molecule has 4 N–H and O–H groups in total. The topological polar surface area (TPSA) is 231 Å². The summed E-state index contributed by atoms with van der Waals surface area (Å²) in [5.41, 5.74) is 0. The Hall–Kier alpha value is -3.27. The van der Waals surface area contributed by atoms with Crippen LogP contribution in [0.1, 0.15) is 265 Å². The molecule has 0 aromatic heterocycles. The number of ether oxygens (including phenoxy) is 3. The Kier molecular flexibility index (Phi) is 58.6. The lowest BCUT2D eigenvalue weighted by atomic mass is 10.1. The van der Waals surface area contributed by atoms with Gasteiger partial charge in [-0.25, -0.2) is 9.13 Å². The zero-order chi connectivity index (χ0) is 62.4. The molecule has 5 unspecified atom stereocenters. The van der Waals surface area contributed by atoms with Crippen molar-refractivity contribution in [2.75, 3.05) is 39.6 Å². The average molecular weight is 1240 g/mol. The third-order valence-corrected chi connectivity index (χ3v) is 15.5. The number of hydrogen-bond acceptors (Lipinski definition) is 14. The predicted octanol–water partition coefficient (Wildman–Crippen LogP) is 17.8. The number of allylic oxidation sites excluding steroid dienone is 14. The first-order valence-electron chi connectivity index (χ1n) is 32.9. The molecular formula is C67H118O16P2. The Bertz CT molecular complexity index is 1900. The highest BCUT2D eigenvalue weighted by atomic mass is 31.2. The molecular weight excluding hydrogens is 1120 g/mol. The van der Waals surface area contributed by atoms with Crippen molar-refractivity contribution >= 4 is 33.6 Å². The monoisotopic (exact) mass is 1240 g/mol. The van der Waals surface area contributed by atoms with Crippen LogP contribution in [0.2, 0.25) is 0 Å². The lowest BCUT2D eigenvalue weighted by Crippen LogP contribution is -2.30. The number of carbonyl (C=O) groups excluding carboxylic acids is 3. The van der Waals surface area contributed by atoms with Gasteiger partial charge < -0.3 is 34.2 Å². The van der Waals surface area contributed by atoms with Crippen molar-refractivity contribution in [1.82, 2.24) is 0 Å². The molecule has 0 heterocycles. The second-order valence-electron chi connectivity index (χ2n) is 21.9. The van der Waals surface area contributed by atoms with Gasteiger partial charge in [0.25, 0.3) is 0 Å². The van der Waals surface area contributed by atoms with Gasteiger partial charge in [-0.3, -0.25) is 32.5 Å². The van der Waals surface area contributed by atoms with E-state index in [-0.39, 0.29) is 19.3 Å². The second-order valence-corrected chi connectivity index (χ2v) is 24.8. The molecule has 0 aliphatic rings. The molecule has 0 saturated carbocycles. The van der Waals surface area contributed by atoms with Crippen LogP contribution in [0.5, 0.6) is 0 Å². The number of unbranched alkanes of at least 4 members (excludes halogenated alkanes) is 25. The zero-order valence-corrected chi connectivity index (χ0v) is 54.8. The highest BCUT2D eigenvalue weighted by Crippen LogP contribution is 2.45. The Balaban J connectivity index is 4.50. The van der Waals surface area contributed by atoms with E-state index in [2.05, 4.69) is 106 Å². The molecule has 0 aromatic carbocycles. The van der Waals surface area contributed by atoms with Crippen LogP contribution in [0.25, 0.3) is 0 Å². The quantitative estimate of drug-likeness (QED) is 0.0146. The molecule has 0 rings (SSSR count). The molecule has 0 aromatic rings. The van der Waals surface area contributed by atoms with Gasteiger partial charge in [0.1, 0.15) is 25.4 Å². The third kappa shape index (κ3) is 62.1. The summed E-state index contributed by atoms with van der Waals surface area (Å²) in [7, 11) is -9.76. The minimum absolute atomic E-state index is 0.106. The van der Waals surface area contributed by atoms with Crippen molar-refractivity contribution in [2.45, 2.75) is 283 Å². The van der Waals surface area contributed by atoms with Crippen LogP contribution in [0.4, 0.5) is 0 Å². The molecule has 5 atom stereocenters. The molecule has 16 nitrogen and oxygen atoms in total. The van der Waals surface area contributed by atoms with Gasteiger partial charge in [-0.2, -0.15) is 0 Å². The van der Waals surface area contributed by atoms with Gasteiger partial charge >= 0.3 is 33.6 Å². The number of rotatable bonds is 62. The van der Waals surface area contributed by atoms with Crippen LogP contribution in [0.3, 0.4) is 0 Å². The zero-order valence-electron chi connectivity index (χ0n) is 53.0. The van der Waals surface area contributed by atoms with Gasteiger partial charge in [0.2, 0.25) is 0 Å². The Morgan fingerprint density at radius 1 is 0.341 bits per heavy atom. The number of phosphoric acid groups is 2. The van der Waals surface area contributed by atoms with E-state index in [9.17, 15) is 43.5 Å². The first-order chi connectivity index (χ1) is 41.2. The lowest BCUT2D eigenvalue weighted by Gasteiger charge is -2.21. The van der Waals surface area contributed by atoms with Crippen LogP contribution in [-0.2, 0) is 55.8 Å². The van der Waals surface area contributed by atoms with Crippen LogP contribution < -0.4 is 0 Å². The fraction of sp³-hybridized carbons (Fsp3) is 0.746. The number of phosphoric ester groups is 2. The molecule has 0 aliphatic carbocycles. The molecule has 0 radical (unpaired) electrons. The summed E-state index contributed by atoms with van der Waals surface area (Å²) in [5.74, 6) is -1.59. The maximum absolute atomic E-state index is 12.8. The molecule has 0 amide bonds. The Morgan fingerprint density at radius 2 is 0.624 bits per heavy atom. The van der Waals surface area contributed by atoms with Crippen molar-refractivity contribution in [3.8, 4) is 0 Å². The van der Waals surface area contributed by atoms with Gasteiger partial charge in [0.05, 0.1) is 26.4 Å². The van der Waals surface area contributed by atoms with Crippen molar-refractivity contribution in [1.29, 1.82) is 0 Å². The molecule has 0 bridgehead atoms. The Labute approximate surface area is 515 Å². The van der Waals surface area contributed by atoms with Crippen LogP contribution in [0.15, 0.2) is 85.1 Å². The lowest BCUT2D eigenvalue weighted by molar-refractivity contribution is -0.161. The van der Waals surface area contributed by atoms with E-state index in [0.29, 0.717) is 19.3 Å². The standard InChI is InChI=1S/C67H118O16P2/c1-4-7-10-13-16-19-22-24-25-26-27-28-29-30-31-32-33-34-35-37-40-41-44-47-50-53-65(70)77-56-62(68)57-79-84(73,74)80-58-63(69)59-81-85(75,76)82-61-64(83-67(72)55-52-49-46-43-38-21-18-15-12-9-6-3)60-78-66(71)54-51-48-45-42-39-36-23-20-17-14-11-8-5-2/h7,10,16,19-20,23-25,27-28,30-31,33-34,62-64,68-69H,4-6,8-9,11-15,17-18,21-22,26,29,32,35-61H2,1-3H3,(H,73,74)(H,75,76)/b10-7-,19-16-,23-20-,25-24-,28-27-,31-30-,34-33-. The van der Waals surface area contributed by atoms with Crippen LogP contribution >= 0.6 is 15.6 Å². The van der Waals surface area contributed by atoms with E-state index in [1.807, 2.05) is 0 Å². The molecule has 0 aliphatic heterocycles. The van der Waals surface area contributed by atoms with Crippen molar-refractivity contribution in [3.05, 3.63) is 85.1 Å². The molecule has 492 valence electrons. The SMILES string of the molecule is CC/C=C\C/C=C\C/C=C\C/C=C\C/C=C\C/C=C\CCCCCCCCC(=O)OCC(O)COP(=O)(O)OCC(O)COP(=O)(O)OCC(COC(=O)CCCCCCC/C=C\CCCCCC)OC(=O)CCCCCCCCCCCCC. The summed E-state index contributed by atoms with van der Waals surface area (Å²) in [6.45, 7) is 2.50. The average Bonchev–Trinajstić information content (AvgIpc) is 3.60. The number of carbonyl (C=O) groups is 3. The predicted molar refractivity (Wildman–Crippen MR) is 344 cm³/mol. The normalized spacial score (nSPS) is 14.9. The van der Waals surface area contributed by atoms with E-state index in [4.69, 9.17) is 32.3 Å². The second kappa shape index (κ2) is 61.0. The maximum atomic E-state index is 12.8. The van der Waals surface area contributed by atoms with E-state index in [1.165, 1.54) is 64.2 Å². The molecule has 0 fully saturated rings. The maximum Gasteiger partial charge on any atom is 0.472 e. The van der Waals surface area contributed by atoms with Gasteiger partial charge in [-0.15, -0.1) is 0 Å². The van der Waals surface area contributed by atoms with Crippen LogP contribution in [-0.4, -0.2) is 95.9 Å². The number of hydrogen-bond donors (Lipinski definition) is 4. The number of aliphatic hydroxyl groups excluding tert-OH is 2. The number of aliphatic hydroxyl groups is 2. The largest absolute Gasteiger partial charge is 0.472 e. The van der Waals surface area contributed by atoms with E-state index in [0.717, 1.165) is 141 Å².